The molecule has 0 unspecified atom stereocenters. The summed E-state index contributed by atoms with van der Waals surface area (Å²) in [5, 5.41) is 0.806. The normalized spacial score (nSPS) is 11.6. The van der Waals surface area contributed by atoms with Crippen LogP contribution in [0.25, 0.3) is 0 Å². The van der Waals surface area contributed by atoms with Crippen molar-refractivity contribution in [3.8, 4) is 0 Å². The van der Waals surface area contributed by atoms with E-state index in [1.54, 1.807) is 0 Å². The SMILES string of the molecule is CN(C)c1ccc(Cl)cc1C(C)(C)C. The zero-order chi connectivity index (χ0) is 10.9. The fourth-order valence-electron chi connectivity index (χ4n) is 1.50. The van der Waals surface area contributed by atoms with Crippen molar-refractivity contribution >= 4 is 17.3 Å². The molecule has 0 radical (unpaired) electrons. The molecule has 1 nitrogen and oxygen atoms in total. The lowest BCUT2D eigenvalue weighted by Crippen LogP contribution is -2.19. The van der Waals surface area contributed by atoms with Crippen LogP contribution >= 0.6 is 11.6 Å². The van der Waals surface area contributed by atoms with Crippen LogP contribution in [0.5, 0.6) is 0 Å². The molecule has 1 rings (SSSR count). The maximum atomic E-state index is 6.01. The molecule has 1 aromatic carbocycles. The molecule has 0 bridgehead atoms. The average Bonchev–Trinajstić information content (AvgIpc) is 2.01. The van der Waals surface area contributed by atoms with Gasteiger partial charge in [0, 0.05) is 24.8 Å². The Labute approximate surface area is 91.7 Å². The van der Waals surface area contributed by atoms with E-state index in [4.69, 9.17) is 11.6 Å². The van der Waals surface area contributed by atoms with Crippen LogP contribution in [0.1, 0.15) is 26.3 Å². The third-order valence-electron chi connectivity index (χ3n) is 2.25. The number of rotatable bonds is 1. The highest BCUT2D eigenvalue weighted by atomic mass is 35.5. The van der Waals surface area contributed by atoms with E-state index in [1.807, 2.05) is 6.07 Å². The number of nitrogens with zero attached hydrogens (tertiary/aromatic N) is 1. The molecule has 78 valence electrons. The smallest absolute Gasteiger partial charge is 0.0410 e. The lowest BCUT2D eigenvalue weighted by molar-refractivity contribution is 0.590. The van der Waals surface area contributed by atoms with Gasteiger partial charge < -0.3 is 4.90 Å². The Hall–Kier alpha value is -0.690. The second kappa shape index (κ2) is 3.82. The van der Waals surface area contributed by atoms with Gasteiger partial charge in [-0.25, -0.2) is 0 Å². The molecule has 0 fully saturated rings. The summed E-state index contributed by atoms with van der Waals surface area (Å²) in [5.41, 5.74) is 2.65. The molecule has 0 saturated heterocycles. The van der Waals surface area contributed by atoms with Gasteiger partial charge in [0.2, 0.25) is 0 Å². The third-order valence-corrected chi connectivity index (χ3v) is 2.48. The average molecular weight is 212 g/mol. The van der Waals surface area contributed by atoms with Crippen LogP contribution in [0.15, 0.2) is 18.2 Å². The first-order chi connectivity index (χ1) is 6.32. The molecule has 0 saturated carbocycles. The van der Waals surface area contributed by atoms with Gasteiger partial charge in [-0.2, -0.15) is 0 Å². The van der Waals surface area contributed by atoms with Crippen molar-refractivity contribution in [1.29, 1.82) is 0 Å². The summed E-state index contributed by atoms with van der Waals surface area (Å²) >= 11 is 6.01. The summed E-state index contributed by atoms with van der Waals surface area (Å²) < 4.78 is 0. The van der Waals surface area contributed by atoms with Crippen molar-refractivity contribution < 1.29 is 0 Å². The van der Waals surface area contributed by atoms with Crippen molar-refractivity contribution in [1.82, 2.24) is 0 Å². The first kappa shape index (κ1) is 11.4. The topological polar surface area (TPSA) is 3.24 Å². The van der Waals surface area contributed by atoms with Crippen LogP contribution in [-0.2, 0) is 5.41 Å². The van der Waals surface area contributed by atoms with Gasteiger partial charge in [0.05, 0.1) is 0 Å². The van der Waals surface area contributed by atoms with Gasteiger partial charge in [-0.1, -0.05) is 32.4 Å². The Kier molecular flexibility index (Phi) is 3.10. The Morgan fingerprint density at radius 2 is 1.71 bits per heavy atom. The van der Waals surface area contributed by atoms with Crippen LogP contribution in [0.2, 0.25) is 5.02 Å². The van der Waals surface area contributed by atoms with Gasteiger partial charge in [-0.05, 0) is 29.2 Å². The molecule has 0 atom stereocenters. The molecule has 0 aromatic heterocycles. The molecule has 1 aromatic rings. The van der Waals surface area contributed by atoms with Gasteiger partial charge in [0.15, 0.2) is 0 Å². The number of hydrogen-bond donors (Lipinski definition) is 0. The summed E-state index contributed by atoms with van der Waals surface area (Å²) in [5.74, 6) is 0. The summed E-state index contributed by atoms with van der Waals surface area (Å²) in [4.78, 5) is 2.12. The van der Waals surface area contributed by atoms with Gasteiger partial charge in [0.1, 0.15) is 0 Å². The maximum Gasteiger partial charge on any atom is 0.0410 e. The third kappa shape index (κ3) is 2.42. The molecule has 0 aliphatic carbocycles. The highest BCUT2D eigenvalue weighted by Gasteiger charge is 2.19. The van der Waals surface area contributed by atoms with E-state index in [-0.39, 0.29) is 5.41 Å². The molecule has 0 N–H and O–H groups in total. The monoisotopic (exact) mass is 211 g/mol. The molecular weight excluding hydrogens is 194 g/mol. The van der Waals surface area contributed by atoms with E-state index < -0.39 is 0 Å². The summed E-state index contributed by atoms with van der Waals surface area (Å²) in [6, 6.07) is 6.06. The van der Waals surface area contributed by atoms with Crippen molar-refractivity contribution in [2.45, 2.75) is 26.2 Å². The molecule has 0 amide bonds. The highest BCUT2D eigenvalue weighted by Crippen LogP contribution is 2.33. The van der Waals surface area contributed by atoms with E-state index in [1.165, 1.54) is 11.3 Å². The number of halogens is 1. The summed E-state index contributed by atoms with van der Waals surface area (Å²) in [6.45, 7) is 6.60. The minimum atomic E-state index is 0.129. The fraction of sp³-hybridized carbons (Fsp3) is 0.500. The molecule has 0 aliphatic heterocycles. The quantitative estimate of drug-likeness (QED) is 0.685. The lowest BCUT2D eigenvalue weighted by atomic mass is 9.85. The second-order valence-corrected chi connectivity index (χ2v) is 5.24. The molecule has 0 spiro atoms. The summed E-state index contributed by atoms with van der Waals surface area (Å²) in [7, 11) is 4.11. The van der Waals surface area contributed by atoms with Gasteiger partial charge >= 0.3 is 0 Å². The predicted octanol–water partition coefficient (Wildman–Crippen LogP) is 3.70. The minimum Gasteiger partial charge on any atom is -0.377 e. The van der Waals surface area contributed by atoms with E-state index in [9.17, 15) is 0 Å². The lowest BCUT2D eigenvalue weighted by Gasteiger charge is -2.26. The molecular formula is C12H18ClN. The van der Waals surface area contributed by atoms with E-state index in [0.717, 1.165) is 5.02 Å². The standard InChI is InChI=1S/C12H18ClN/c1-12(2,3)10-8-9(13)6-7-11(10)14(4)5/h6-8H,1-5H3. The summed E-state index contributed by atoms with van der Waals surface area (Å²) in [6.07, 6.45) is 0. The fourth-order valence-corrected chi connectivity index (χ4v) is 1.67. The maximum absolute atomic E-state index is 6.01. The molecule has 2 heteroatoms. The van der Waals surface area contributed by atoms with Crippen molar-refractivity contribution in [2.24, 2.45) is 0 Å². The Balaban J connectivity index is 3.30. The van der Waals surface area contributed by atoms with E-state index in [2.05, 4.69) is 51.9 Å². The highest BCUT2D eigenvalue weighted by molar-refractivity contribution is 6.30. The first-order valence-corrected chi connectivity index (χ1v) is 5.17. The Morgan fingerprint density at radius 1 is 1.14 bits per heavy atom. The van der Waals surface area contributed by atoms with Crippen molar-refractivity contribution in [2.75, 3.05) is 19.0 Å². The number of anilines is 1. The van der Waals surface area contributed by atoms with Crippen LogP contribution in [0, 0.1) is 0 Å². The van der Waals surface area contributed by atoms with Gasteiger partial charge in [0.25, 0.3) is 0 Å². The predicted molar refractivity (Wildman–Crippen MR) is 64.5 cm³/mol. The van der Waals surface area contributed by atoms with Crippen LogP contribution in [0.3, 0.4) is 0 Å². The van der Waals surface area contributed by atoms with Gasteiger partial charge in [-0.15, -0.1) is 0 Å². The van der Waals surface area contributed by atoms with Crippen LogP contribution < -0.4 is 4.90 Å². The molecule has 14 heavy (non-hydrogen) atoms. The van der Waals surface area contributed by atoms with Crippen molar-refractivity contribution in [3.05, 3.63) is 28.8 Å². The van der Waals surface area contributed by atoms with Crippen LogP contribution in [-0.4, -0.2) is 14.1 Å². The number of hydrogen-bond acceptors (Lipinski definition) is 1. The molecule has 0 heterocycles. The van der Waals surface area contributed by atoms with Crippen LogP contribution in [0.4, 0.5) is 5.69 Å². The second-order valence-electron chi connectivity index (χ2n) is 4.81. The Bertz CT molecular complexity index is 324. The molecule has 0 aliphatic rings. The largest absolute Gasteiger partial charge is 0.377 e. The van der Waals surface area contributed by atoms with Crippen molar-refractivity contribution in [3.63, 3.8) is 0 Å². The Morgan fingerprint density at radius 3 is 2.14 bits per heavy atom. The number of benzene rings is 1. The van der Waals surface area contributed by atoms with Gasteiger partial charge in [-0.3, -0.25) is 0 Å². The van der Waals surface area contributed by atoms with E-state index in [0.29, 0.717) is 0 Å². The first-order valence-electron chi connectivity index (χ1n) is 4.80. The minimum absolute atomic E-state index is 0.129. The van der Waals surface area contributed by atoms with E-state index >= 15 is 0 Å². The zero-order valence-corrected chi connectivity index (χ0v) is 10.3. The zero-order valence-electron chi connectivity index (χ0n) is 9.56.